The van der Waals surface area contributed by atoms with Gasteiger partial charge in [0, 0.05) is 51.5 Å². The number of sulfonamides is 1. The summed E-state index contributed by atoms with van der Waals surface area (Å²) in [4.78, 5) is 2.30. The highest BCUT2D eigenvalue weighted by molar-refractivity contribution is 7.89. The second-order valence-electron chi connectivity index (χ2n) is 5.88. The molecule has 1 aromatic heterocycles. The summed E-state index contributed by atoms with van der Waals surface area (Å²) in [6.07, 6.45) is 0.564. The van der Waals surface area contributed by atoms with E-state index >= 15 is 0 Å². The molecule has 1 unspecified atom stereocenters. The Hall–Kier alpha value is -1.10. The van der Waals surface area contributed by atoms with Gasteiger partial charge in [0.25, 0.3) is 6.43 Å². The predicted octanol–water partition coefficient (Wildman–Crippen LogP) is -0.184. The van der Waals surface area contributed by atoms with E-state index in [1.165, 1.54) is 10.5 Å². The lowest BCUT2D eigenvalue weighted by Gasteiger charge is -2.32. The number of aromatic nitrogens is 2. The molecule has 3 heterocycles. The maximum absolute atomic E-state index is 12.6. The zero-order valence-electron chi connectivity index (χ0n) is 12.7. The molecule has 0 aromatic carbocycles. The van der Waals surface area contributed by atoms with Crippen molar-refractivity contribution in [2.75, 3.05) is 39.3 Å². The molecule has 2 aliphatic rings. The minimum Gasteiger partial charge on any atom is -0.314 e. The molecule has 0 spiro atoms. The van der Waals surface area contributed by atoms with Crippen molar-refractivity contribution in [1.82, 2.24) is 24.3 Å². The van der Waals surface area contributed by atoms with E-state index < -0.39 is 23.0 Å². The van der Waals surface area contributed by atoms with Crippen LogP contribution in [0.5, 0.6) is 0 Å². The number of halogens is 2. The van der Waals surface area contributed by atoms with Crippen molar-refractivity contribution in [2.45, 2.75) is 30.3 Å². The van der Waals surface area contributed by atoms with E-state index in [0.29, 0.717) is 13.1 Å². The largest absolute Gasteiger partial charge is 0.314 e. The molecule has 0 amide bonds. The molecule has 0 bridgehead atoms. The normalized spacial score (nSPS) is 24.6. The van der Waals surface area contributed by atoms with Gasteiger partial charge in [-0.25, -0.2) is 17.2 Å². The standard InChI is InChI=1S/C13H21F2N5O2S/c14-13(15)10-19-9-12(7-17-19)23(21,22)20-4-1-11(8-20)18-5-2-16-3-6-18/h7,9,11,13,16H,1-6,8,10H2. The smallest absolute Gasteiger partial charge is 0.257 e. The fraction of sp³-hybridized carbons (Fsp3) is 0.769. The van der Waals surface area contributed by atoms with Gasteiger partial charge in [-0.1, -0.05) is 0 Å². The van der Waals surface area contributed by atoms with Gasteiger partial charge < -0.3 is 5.32 Å². The fourth-order valence-corrected chi connectivity index (χ4v) is 4.59. The molecule has 0 aliphatic carbocycles. The molecule has 130 valence electrons. The van der Waals surface area contributed by atoms with Crippen LogP contribution < -0.4 is 5.32 Å². The number of alkyl halides is 2. The third kappa shape index (κ3) is 3.70. The van der Waals surface area contributed by atoms with Gasteiger partial charge >= 0.3 is 0 Å². The summed E-state index contributed by atoms with van der Waals surface area (Å²) in [5.74, 6) is 0. The molecule has 3 rings (SSSR count). The summed E-state index contributed by atoms with van der Waals surface area (Å²) in [6, 6.07) is 0.225. The Morgan fingerprint density at radius 1 is 1.30 bits per heavy atom. The minimum absolute atomic E-state index is 0.0147. The molecule has 2 saturated heterocycles. The van der Waals surface area contributed by atoms with E-state index in [0.717, 1.165) is 43.5 Å². The zero-order chi connectivity index (χ0) is 16.4. The molecule has 23 heavy (non-hydrogen) atoms. The lowest BCUT2D eigenvalue weighted by molar-refractivity contribution is 0.121. The van der Waals surface area contributed by atoms with Crippen LogP contribution in [0, 0.1) is 0 Å². The van der Waals surface area contributed by atoms with Gasteiger partial charge in [0.1, 0.15) is 11.4 Å². The Kier molecular flexibility index (Phi) is 4.95. The van der Waals surface area contributed by atoms with Gasteiger partial charge in [-0.05, 0) is 6.42 Å². The van der Waals surface area contributed by atoms with Crippen LogP contribution in [0.3, 0.4) is 0 Å². The number of piperazine rings is 1. The monoisotopic (exact) mass is 349 g/mol. The van der Waals surface area contributed by atoms with Crippen molar-refractivity contribution in [2.24, 2.45) is 0 Å². The quantitative estimate of drug-likeness (QED) is 0.798. The maximum atomic E-state index is 12.6. The number of hydrogen-bond acceptors (Lipinski definition) is 5. The average Bonchev–Trinajstić information content (AvgIpc) is 3.17. The summed E-state index contributed by atoms with van der Waals surface area (Å²) in [6.45, 7) is 3.99. The second-order valence-corrected chi connectivity index (χ2v) is 7.82. The highest BCUT2D eigenvalue weighted by Crippen LogP contribution is 2.23. The van der Waals surface area contributed by atoms with Crippen molar-refractivity contribution in [3.05, 3.63) is 12.4 Å². The van der Waals surface area contributed by atoms with Crippen molar-refractivity contribution in [3.63, 3.8) is 0 Å². The van der Waals surface area contributed by atoms with Gasteiger partial charge in [0.05, 0.1) is 6.20 Å². The van der Waals surface area contributed by atoms with Crippen molar-refractivity contribution >= 4 is 10.0 Å². The average molecular weight is 349 g/mol. The van der Waals surface area contributed by atoms with Crippen LogP contribution in [0.1, 0.15) is 6.42 Å². The Morgan fingerprint density at radius 2 is 2.04 bits per heavy atom. The number of nitrogens with zero attached hydrogens (tertiary/aromatic N) is 4. The first-order chi connectivity index (χ1) is 11.0. The van der Waals surface area contributed by atoms with E-state index in [2.05, 4.69) is 15.3 Å². The van der Waals surface area contributed by atoms with E-state index in [-0.39, 0.29) is 10.9 Å². The lowest BCUT2D eigenvalue weighted by Crippen LogP contribution is -2.49. The van der Waals surface area contributed by atoms with Gasteiger partial charge in [0.2, 0.25) is 10.0 Å². The van der Waals surface area contributed by atoms with E-state index in [1.807, 2.05) is 0 Å². The minimum atomic E-state index is -3.66. The Balaban J connectivity index is 1.67. The fourth-order valence-electron chi connectivity index (χ4n) is 3.14. The topological polar surface area (TPSA) is 70.5 Å². The maximum Gasteiger partial charge on any atom is 0.257 e. The molecule has 1 atom stereocenters. The Morgan fingerprint density at radius 3 is 2.74 bits per heavy atom. The van der Waals surface area contributed by atoms with E-state index in [4.69, 9.17) is 0 Å². The summed E-state index contributed by atoms with van der Waals surface area (Å²) < 4.78 is 52.3. The van der Waals surface area contributed by atoms with Crippen LogP contribution >= 0.6 is 0 Å². The molecule has 0 saturated carbocycles. The SMILES string of the molecule is O=S(=O)(c1cnn(CC(F)F)c1)N1CCC(N2CCNCC2)C1. The Labute approximate surface area is 134 Å². The van der Waals surface area contributed by atoms with E-state index in [9.17, 15) is 17.2 Å². The van der Waals surface area contributed by atoms with E-state index in [1.54, 1.807) is 0 Å². The summed E-state index contributed by atoms with van der Waals surface area (Å²) >= 11 is 0. The third-order valence-corrected chi connectivity index (χ3v) is 6.18. The van der Waals surface area contributed by atoms with Crippen LogP contribution in [-0.4, -0.2) is 79.1 Å². The van der Waals surface area contributed by atoms with Gasteiger partial charge in [-0.2, -0.15) is 9.40 Å². The number of rotatable bonds is 5. The number of hydrogen-bond donors (Lipinski definition) is 1. The molecular formula is C13H21F2N5O2S. The van der Waals surface area contributed by atoms with Gasteiger partial charge in [0.15, 0.2) is 0 Å². The van der Waals surface area contributed by atoms with Crippen LogP contribution in [0.4, 0.5) is 8.78 Å². The highest BCUT2D eigenvalue weighted by atomic mass is 32.2. The van der Waals surface area contributed by atoms with Crippen LogP contribution in [-0.2, 0) is 16.6 Å². The Bertz CT molecular complexity index is 630. The van der Waals surface area contributed by atoms with Crippen LogP contribution in [0.25, 0.3) is 0 Å². The zero-order valence-corrected chi connectivity index (χ0v) is 13.6. The van der Waals surface area contributed by atoms with Crippen molar-refractivity contribution < 1.29 is 17.2 Å². The summed E-state index contributed by atoms with van der Waals surface area (Å²) in [5.41, 5.74) is 0. The van der Waals surface area contributed by atoms with Crippen LogP contribution in [0.15, 0.2) is 17.3 Å². The summed E-state index contributed by atoms with van der Waals surface area (Å²) in [5, 5.41) is 6.99. The molecule has 7 nitrogen and oxygen atoms in total. The summed E-state index contributed by atoms with van der Waals surface area (Å²) in [7, 11) is -3.66. The van der Waals surface area contributed by atoms with Crippen molar-refractivity contribution in [3.8, 4) is 0 Å². The first-order valence-corrected chi connectivity index (χ1v) is 9.16. The predicted molar refractivity (Wildman–Crippen MR) is 79.8 cm³/mol. The molecule has 2 aliphatic heterocycles. The molecule has 2 fully saturated rings. The number of nitrogens with one attached hydrogen (secondary N) is 1. The molecule has 1 aromatic rings. The van der Waals surface area contributed by atoms with Gasteiger partial charge in [-0.3, -0.25) is 9.58 Å². The first-order valence-electron chi connectivity index (χ1n) is 7.72. The second kappa shape index (κ2) is 6.80. The molecule has 10 heteroatoms. The third-order valence-electron chi connectivity index (χ3n) is 4.37. The van der Waals surface area contributed by atoms with Crippen LogP contribution in [0.2, 0.25) is 0 Å². The first kappa shape index (κ1) is 16.7. The highest BCUT2D eigenvalue weighted by Gasteiger charge is 2.36. The molecule has 1 N–H and O–H groups in total. The molecule has 0 radical (unpaired) electrons. The lowest BCUT2D eigenvalue weighted by atomic mass is 10.2. The molecular weight excluding hydrogens is 328 g/mol. The van der Waals surface area contributed by atoms with Gasteiger partial charge in [-0.15, -0.1) is 0 Å². The van der Waals surface area contributed by atoms with Crippen molar-refractivity contribution in [1.29, 1.82) is 0 Å².